The molecule has 2 rings (SSSR count). The van der Waals surface area contributed by atoms with Gasteiger partial charge < -0.3 is 10.1 Å². The van der Waals surface area contributed by atoms with Gasteiger partial charge in [-0.2, -0.15) is 0 Å². The van der Waals surface area contributed by atoms with E-state index in [0.717, 1.165) is 5.56 Å². The van der Waals surface area contributed by atoms with Crippen LogP contribution in [0.25, 0.3) is 0 Å². The lowest BCUT2D eigenvalue weighted by Gasteiger charge is -2.19. The first-order chi connectivity index (χ1) is 10.2. The summed E-state index contributed by atoms with van der Waals surface area (Å²) in [5, 5.41) is 3.12. The molecule has 0 amide bonds. The highest BCUT2D eigenvalue weighted by Gasteiger charge is 2.16. The molecule has 2 aromatic carbocycles. The van der Waals surface area contributed by atoms with Crippen LogP contribution in [-0.2, 0) is 0 Å². The Balaban J connectivity index is 2.17. The highest BCUT2D eigenvalue weighted by molar-refractivity contribution is 7.99. The van der Waals surface area contributed by atoms with Crippen LogP contribution in [0.2, 0.25) is 0 Å². The number of nitrogens with one attached hydrogen (secondary N) is 1. The lowest BCUT2D eigenvalue weighted by atomic mass is 10.1. The zero-order valence-electron chi connectivity index (χ0n) is 11.9. The van der Waals surface area contributed by atoms with Gasteiger partial charge in [0.1, 0.15) is 17.4 Å². The molecule has 0 saturated carbocycles. The fourth-order valence-corrected chi connectivity index (χ4v) is 3.11. The fourth-order valence-electron chi connectivity index (χ4n) is 2.04. The number of halogens is 2. The summed E-state index contributed by atoms with van der Waals surface area (Å²) in [4.78, 5) is 0.577. The topological polar surface area (TPSA) is 21.3 Å². The zero-order chi connectivity index (χ0) is 15.2. The number of ether oxygens (including phenoxy) is 1. The van der Waals surface area contributed by atoms with Crippen molar-refractivity contribution in [3.8, 4) is 5.75 Å². The average molecular weight is 309 g/mol. The van der Waals surface area contributed by atoms with Gasteiger partial charge in [-0.1, -0.05) is 12.1 Å². The minimum atomic E-state index is -0.318. The molecule has 0 saturated heterocycles. The van der Waals surface area contributed by atoms with Gasteiger partial charge in [-0.25, -0.2) is 8.78 Å². The van der Waals surface area contributed by atoms with Crippen molar-refractivity contribution in [2.24, 2.45) is 0 Å². The quantitative estimate of drug-likeness (QED) is 0.814. The molecule has 1 N–H and O–H groups in total. The summed E-state index contributed by atoms with van der Waals surface area (Å²) in [5.41, 5.74) is 0.726. The van der Waals surface area contributed by atoms with Crippen molar-refractivity contribution in [3.05, 3.63) is 59.7 Å². The molecular weight excluding hydrogens is 292 g/mol. The number of hydrogen-bond acceptors (Lipinski definition) is 3. The van der Waals surface area contributed by atoms with Gasteiger partial charge in [0.25, 0.3) is 0 Å². The van der Waals surface area contributed by atoms with E-state index in [4.69, 9.17) is 4.74 Å². The maximum absolute atomic E-state index is 13.6. The Hall–Kier alpha value is -1.59. The Labute approximate surface area is 127 Å². The SMILES string of the molecule is CNC(CSc1ccccc1F)c1cc(F)ccc1OC. The van der Waals surface area contributed by atoms with E-state index >= 15 is 0 Å². The summed E-state index contributed by atoms with van der Waals surface area (Å²) in [6, 6.07) is 10.9. The molecule has 5 heteroatoms. The monoisotopic (exact) mass is 309 g/mol. The van der Waals surface area contributed by atoms with Crippen LogP contribution in [0.4, 0.5) is 8.78 Å². The van der Waals surface area contributed by atoms with E-state index in [0.29, 0.717) is 16.4 Å². The van der Waals surface area contributed by atoms with Gasteiger partial charge in [-0.15, -0.1) is 11.8 Å². The second-order valence-corrected chi connectivity index (χ2v) is 5.53. The van der Waals surface area contributed by atoms with Crippen molar-refractivity contribution in [1.82, 2.24) is 5.32 Å². The van der Waals surface area contributed by atoms with Gasteiger partial charge in [0.2, 0.25) is 0 Å². The smallest absolute Gasteiger partial charge is 0.136 e. The molecule has 1 unspecified atom stereocenters. The number of methoxy groups -OCH3 is 1. The van der Waals surface area contributed by atoms with Crippen LogP contribution in [0.1, 0.15) is 11.6 Å². The van der Waals surface area contributed by atoms with Crippen molar-refractivity contribution < 1.29 is 13.5 Å². The van der Waals surface area contributed by atoms with Crippen LogP contribution in [0.15, 0.2) is 47.4 Å². The maximum Gasteiger partial charge on any atom is 0.136 e. The van der Waals surface area contributed by atoms with Gasteiger partial charge in [-0.3, -0.25) is 0 Å². The summed E-state index contributed by atoms with van der Waals surface area (Å²) < 4.78 is 32.4. The first-order valence-corrected chi connectivity index (χ1v) is 7.52. The van der Waals surface area contributed by atoms with E-state index in [9.17, 15) is 8.78 Å². The molecule has 2 nitrogen and oxygen atoms in total. The highest BCUT2D eigenvalue weighted by Crippen LogP contribution is 2.31. The van der Waals surface area contributed by atoms with Crippen molar-refractivity contribution in [2.75, 3.05) is 19.9 Å². The van der Waals surface area contributed by atoms with Crippen LogP contribution >= 0.6 is 11.8 Å². The van der Waals surface area contributed by atoms with E-state index in [2.05, 4.69) is 5.32 Å². The van der Waals surface area contributed by atoms with Crippen LogP contribution in [0.5, 0.6) is 5.75 Å². The van der Waals surface area contributed by atoms with E-state index in [-0.39, 0.29) is 17.7 Å². The minimum Gasteiger partial charge on any atom is -0.496 e. The minimum absolute atomic E-state index is 0.139. The zero-order valence-corrected chi connectivity index (χ0v) is 12.7. The van der Waals surface area contributed by atoms with Gasteiger partial charge in [-0.05, 0) is 37.4 Å². The van der Waals surface area contributed by atoms with Crippen LogP contribution in [-0.4, -0.2) is 19.9 Å². The molecule has 0 aliphatic carbocycles. The average Bonchev–Trinajstić information content (AvgIpc) is 2.50. The molecule has 2 aromatic rings. The number of benzene rings is 2. The normalized spacial score (nSPS) is 12.2. The van der Waals surface area contributed by atoms with Gasteiger partial charge in [0, 0.05) is 22.3 Å². The third-order valence-corrected chi connectivity index (χ3v) is 4.30. The Kier molecular flexibility index (Phi) is 5.59. The Morgan fingerprint density at radius 3 is 2.62 bits per heavy atom. The summed E-state index contributed by atoms with van der Waals surface area (Å²) in [5.74, 6) is 0.618. The standard InChI is InChI=1S/C16H17F2NOS/c1-19-14(10-21-16-6-4-3-5-13(16)18)12-9-11(17)7-8-15(12)20-2/h3-9,14,19H,10H2,1-2H3. The van der Waals surface area contributed by atoms with Gasteiger partial charge in [0.05, 0.1) is 7.11 Å². The van der Waals surface area contributed by atoms with Crippen LogP contribution < -0.4 is 10.1 Å². The molecule has 21 heavy (non-hydrogen) atoms. The molecule has 0 radical (unpaired) electrons. The lowest BCUT2D eigenvalue weighted by Crippen LogP contribution is -2.19. The molecular formula is C16H17F2NOS. The number of rotatable bonds is 6. The third-order valence-electron chi connectivity index (χ3n) is 3.16. The second-order valence-electron chi connectivity index (χ2n) is 4.47. The molecule has 0 aliphatic rings. The van der Waals surface area contributed by atoms with E-state index in [1.807, 2.05) is 0 Å². The van der Waals surface area contributed by atoms with Gasteiger partial charge >= 0.3 is 0 Å². The molecule has 0 bridgehead atoms. The predicted octanol–water partition coefficient (Wildman–Crippen LogP) is 4.03. The first-order valence-electron chi connectivity index (χ1n) is 6.53. The van der Waals surface area contributed by atoms with E-state index in [1.54, 1.807) is 38.4 Å². The third kappa shape index (κ3) is 3.95. The summed E-state index contributed by atoms with van der Waals surface area (Å²) in [6.07, 6.45) is 0. The second kappa shape index (κ2) is 7.43. The van der Waals surface area contributed by atoms with Crippen molar-refractivity contribution in [2.45, 2.75) is 10.9 Å². The molecule has 112 valence electrons. The molecule has 1 atom stereocenters. The summed E-state index contributed by atoms with van der Waals surface area (Å²) in [6.45, 7) is 0. The van der Waals surface area contributed by atoms with Gasteiger partial charge in [0.15, 0.2) is 0 Å². The summed E-state index contributed by atoms with van der Waals surface area (Å²) in [7, 11) is 3.34. The summed E-state index contributed by atoms with van der Waals surface area (Å²) >= 11 is 1.38. The van der Waals surface area contributed by atoms with Crippen molar-refractivity contribution in [1.29, 1.82) is 0 Å². The lowest BCUT2D eigenvalue weighted by molar-refractivity contribution is 0.402. The number of thioether (sulfide) groups is 1. The molecule has 0 heterocycles. The Bertz CT molecular complexity index is 607. The Morgan fingerprint density at radius 1 is 1.19 bits per heavy atom. The highest BCUT2D eigenvalue weighted by atomic mass is 32.2. The van der Waals surface area contributed by atoms with Crippen molar-refractivity contribution in [3.63, 3.8) is 0 Å². The predicted molar refractivity (Wildman–Crippen MR) is 81.9 cm³/mol. The van der Waals surface area contributed by atoms with Crippen LogP contribution in [0, 0.1) is 11.6 Å². The van der Waals surface area contributed by atoms with E-state index in [1.165, 1.54) is 30.0 Å². The van der Waals surface area contributed by atoms with Crippen LogP contribution in [0.3, 0.4) is 0 Å². The molecule has 0 fully saturated rings. The Morgan fingerprint density at radius 2 is 1.95 bits per heavy atom. The molecule has 0 aliphatic heterocycles. The fraction of sp³-hybridized carbons (Fsp3) is 0.250. The molecule has 0 aromatic heterocycles. The first kappa shape index (κ1) is 15.8. The maximum atomic E-state index is 13.6. The van der Waals surface area contributed by atoms with E-state index < -0.39 is 0 Å². The molecule has 0 spiro atoms. The number of hydrogen-bond donors (Lipinski definition) is 1. The largest absolute Gasteiger partial charge is 0.496 e. The van der Waals surface area contributed by atoms with Crippen molar-refractivity contribution >= 4 is 11.8 Å².